The van der Waals surface area contributed by atoms with Crippen LogP contribution in [0.5, 0.6) is 0 Å². The van der Waals surface area contributed by atoms with Crippen molar-refractivity contribution < 1.29 is 8.42 Å². The third-order valence-electron chi connectivity index (χ3n) is 1.81. The molecule has 1 aromatic rings. The maximum Gasteiger partial charge on any atom is 0.254 e. The lowest BCUT2D eigenvalue weighted by molar-refractivity contribution is 0.364. The van der Waals surface area contributed by atoms with Crippen molar-refractivity contribution in [3.63, 3.8) is 0 Å². The molecule has 8 heteroatoms. The van der Waals surface area contributed by atoms with Gasteiger partial charge in [-0.2, -0.15) is 0 Å². The van der Waals surface area contributed by atoms with E-state index in [1.54, 1.807) is 14.1 Å². The highest BCUT2D eigenvalue weighted by molar-refractivity contribution is 7.89. The summed E-state index contributed by atoms with van der Waals surface area (Å²) in [6.07, 6.45) is 0. The van der Waals surface area contributed by atoms with E-state index in [1.807, 2.05) is 0 Å². The molecule has 0 aliphatic rings. The van der Waals surface area contributed by atoms with Crippen LogP contribution in [-0.4, -0.2) is 32.5 Å². The van der Waals surface area contributed by atoms with Crippen LogP contribution in [0.3, 0.4) is 0 Å². The first-order chi connectivity index (χ1) is 7.74. The van der Waals surface area contributed by atoms with Gasteiger partial charge in [-0.05, 0) is 12.1 Å². The average molecular weight is 294 g/mol. The third-order valence-corrected chi connectivity index (χ3v) is 4.01. The molecule has 0 saturated heterocycles. The molecule has 0 bridgehead atoms. The number of benzene rings is 1. The number of halogens is 1. The molecule has 94 valence electrons. The first-order valence-corrected chi connectivity index (χ1v) is 6.80. The van der Waals surface area contributed by atoms with Crippen molar-refractivity contribution >= 4 is 38.8 Å². The predicted molar refractivity (Wildman–Crippen MR) is 71.3 cm³/mol. The van der Waals surface area contributed by atoms with Gasteiger partial charge in [0.15, 0.2) is 0 Å². The fourth-order valence-corrected chi connectivity index (χ4v) is 2.92. The smallest absolute Gasteiger partial charge is 0.254 e. The van der Waals surface area contributed by atoms with Gasteiger partial charge in [0.1, 0.15) is 9.88 Å². The summed E-state index contributed by atoms with van der Waals surface area (Å²) in [7, 11) is -0.544. The van der Waals surface area contributed by atoms with Crippen molar-refractivity contribution in [2.24, 2.45) is 5.73 Å². The summed E-state index contributed by atoms with van der Waals surface area (Å²) in [5.74, 6) is 0. The fourth-order valence-electron chi connectivity index (χ4n) is 1.16. The van der Waals surface area contributed by atoms with E-state index >= 15 is 0 Å². The molecule has 0 radical (unpaired) electrons. The zero-order valence-corrected chi connectivity index (χ0v) is 11.7. The standard InChI is InChI=1S/C9H12ClN3O2S2/c1-13(2)12-17(14,15)8-4-3-6(9(11)16)5-7(8)10/h3-5,12H,1-2H3,(H2,11,16). The summed E-state index contributed by atoms with van der Waals surface area (Å²) in [5.41, 5.74) is 5.94. The molecule has 3 N–H and O–H groups in total. The Bertz CT molecular complexity index is 543. The van der Waals surface area contributed by atoms with Crippen molar-refractivity contribution in [1.29, 1.82) is 0 Å². The molecule has 1 rings (SSSR count). The molecule has 0 amide bonds. The van der Waals surface area contributed by atoms with Gasteiger partial charge in [-0.3, -0.25) is 0 Å². The summed E-state index contributed by atoms with van der Waals surface area (Å²) < 4.78 is 23.7. The number of hydrogen-bond donors (Lipinski definition) is 2. The number of sulfonamides is 1. The second-order valence-electron chi connectivity index (χ2n) is 3.50. The van der Waals surface area contributed by atoms with E-state index in [1.165, 1.54) is 23.2 Å². The van der Waals surface area contributed by atoms with Crippen LogP contribution in [0.15, 0.2) is 23.1 Å². The van der Waals surface area contributed by atoms with Gasteiger partial charge in [-0.25, -0.2) is 13.4 Å². The Kier molecular flexibility index (Phi) is 4.45. The third kappa shape index (κ3) is 3.62. The van der Waals surface area contributed by atoms with Crippen LogP contribution in [0.2, 0.25) is 5.02 Å². The molecule has 0 aromatic heterocycles. The molecule has 0 aliphatic heterocycles. The van der Waals surface area contributed by atoms with Crippen molar-refractivity contribution in [1.82, 2.24) is 9.84 Å². The van der Waals surface area contributed by atoms with Crippen LogP contribution in [0.25, 0.3) is 0 Å². The first kappa shape index (κ1) is 14.3. The Morgan fingerprint density at radius 3 is 2.47 bits per heavy atom. The van der Waals surface area contributed by atoms with E-state index < -0.39 is 10.0 Å². The Labute approximate surface area is 111 Å². The van der Waals surface area contributed by atoms with E-state index in [2.05, 4.69) is 4.83 Å². The highest BCUT2D eigenvalue weighted by Crippen LogP contribution is 2.22. The highest BCUT2D eigenvalue weighted by Gasteiger charge is 2.18. The van der Waals surface area contributed by atoms with Crippen LogP contribution < -0.4 is 10.6 Å². The quantitative estimate of drug-likeness (QED) is 0.632. The molecule has 0 aliphatic carbocycles. The Balaban J connectivity index is 3.21. The Morgan fingerprint density at radius 1 is 1.47 bits per heavy atom. The zero-order valence-electron chi connectivity index (χ0n) is 9.27. The first-order valence-electron chi connectivity index (χ1n) is 4.53. The summed E-state index contributed by atoms with van der Waals surface area (Å²) in [6, 6.07) is 4.30. The van der Waals surface area contributed by atoms with Crippen LogP contribution in [0.1, 0.15) is 5.56 Å². The largest absolute Gasteiger partial charge is 0.389 e. The van der Waals surface area contributed by atoms with Crippen LogP contribution in [0.4, 0.5) is 0 Å². The minimum absolute atomic E-state index is 0.0205. The number of thiocarbonyl (C=S) groups is 1. The maximum absolute atomic E-state index is 11.8. The minimum Gasteiger partial charge on any atom is -0.389 e. The molecule has 17 heavy (non-hydrogen) atoms. The van der Waals surface area contributed by atoms with E-state index in [0.717, 1.165) is 0 Å². The highest BCUT2D eigenvalue weighted by atomic mass is 35.5. The van der Waals surface area contributed by atoms with Gasteiger partial charge in [-0.15, -0.1) is 4.83 Å². The fraction of sp³-hybridized carbons (Fsp3) is 0.222. The minimum atomic E-state index is -3.67. The van der Waals surface area contributed by atoms with Crippen LogP contribution >= 0.6 is 23.8 Å². The molecule has 0 saturated carbocycles. The van der Waals surface area contributed by atoms with E-state index in [-0.39, 0.29) is 14.9 Å². The number of rotatable bonds is 4. The molecular weight excluding hydrogens is 282 g/mol. The molecule has 0 unspecified atom stereocenters. The number of hydrazine groups is 1. The number of nitrogens with two attached hydrogens (primary N) is 1. The molecule has 1 aromatic carbocycles. The number of hydrogen-bond acceptors (Lipinski definition) is 4. The summed E-state index contributed by atoms with van der Waals surface area (Å²) in [5, 5.41) is 1.39. The molecule has 0 atom stereocenters. The topological polar surface area (TPSA) is 75.4 Å². The predicted octanol–water partition coefficient (Wildman–Crippen LogP) is 0.729. The lowest BCUT2D eigenvalue weighted by Gasteiger charge is -2.13. The van der Waals surface area contributed by atoms with Crippen molar-refractivity contribution in [2.75, 3.05) is 14.1 Å². The van der Waals surface area contributed by atoms with Crippen molar-refractivity contribution in [3.8, 4) is 0 Å². The Hall–Kier alpha value is -0.730. The van der Waals surface area contributed by atoms with Gasteiger partial charge in [0.25, 0.3) is 10.0 Å². The van der Waals surface area contributed by atoms with Gasteiger partial charge < -0.3 is 5.73 Å². The second-order valence-corrected chi connectivity index (χ2v) is 5.97. The molecule has 0 heterocycles. The van der Waals surface area contributed by atoms with Crippen molar-refractivity contribution in [3.05, 3.63) is 28.8 Å². The molecule has 0 spiro atoms. The summed E-state index contributed by atoms with van der Waals surface area (Å²) in [6.45, 7) is 0. The maximum atomic E-state index is 11.8. The van der Waals surface area contributed by atoms with Crippen molar-refractivity contribution in [2.45, 2.75) is 4.90 Å². The van der Waals surface area contributed by atoms with E-state index in [4.69, 9.17) is 29.6 Å². The van der Waals surface area contributed by atoms with Gasteiger partial charge in [0.05, 0.1) is 5.02 Å². The van der Waals surface area contributed by atoms with Crippen LogP contribution in [0, 0.1) is 0 Å². The molecular formula is C9H12ClN3O2S2. The van der Waals surface area contributed by atoms with Gasteiger partial charge in [0, 0.05) is 19.7 Å². The van der Waals surface area contributed by atoms with E-state index in [0.29, 0.717) is 5.56 Å². The summed E-state index contributed by atoms with van der Waals surface area (Å²) in [4.78, 5) is 2.42. The zero-order chi connectivity index (χ0) is 13.2. The summed E-state index contributed by atoms with van der Waals surface area (Å²) >= 11 is 10.7. The van der Waals surface area contributed by atoms with Gasteiger partial charge in [-0.1, -0.05) is 29.9 Å². The van der Waals surface area contributed by atoms with Crippen LogP contribution in [-0.2, 0) is 10.0 Å². The monoisotopic (exact) mass is 293 g/mol. The normalized spacial score (nSPS) is 11.8. The average Bonchev–Trinajstić information content (AvgIpc) is 2.14. The second kappa shape index (κ2) is 5.28. The number of nitrogens with zero attached hydrogens (tertiary/aromatic N) is 1. The molecule has 0 fully saturated rings. The lowest BCUT2D eigenvalue weighted by atomic mass is 10.2. The van der Waals surface area contributed by atoms with Gasteiger partial charge in [0.2, 0.25) is 0 Å². The van der Waals surface area contributed by atoms with E-state index in [9.17, 15) is 8.42 Å². The SMILES string of the molecule is CN(C)NS(=O)(=O)c1ccc(C(N)=S)cc1Cl. The van der Waals surface area contributed by atoms with Gasteiger partial charge >= 0.3 is 0 Å². The number of nitrogens with one attached hydrogen (secondary N) is 1. The Morgan fingerprint density at radius 2 is 2.06 bits per heavy atom. The molecule has 5 nitrogen and oxygen atoms in total. The lowest BCUT2D eigenvalue weighted by Crippen LogP contribution is -2.36.